The molecule has 0 fully saturated rings. The van der Waals surface area contributed by atoms with Gasteiger partial charge in [-0.1, -0.05) is 24.3 Å². The molecule has 5 nitrogen and oxygen atoms in total. The van der Waals surface area contributed by atoms with Gasteiger partial charge in [0.1, 0.15) is 10.8 Å². The quantitative estimate of drug-likeness (QED) is 0.345. The summed E-state index contributed by atoms with van der Waals surface area (Å²) < 4.78 is 16.1. The van der Waals surface area contributed by atoms with Crippen molar-refractivity contribution in [3.8, 4) is 5.00 Å². The smallest absolute Gasteiger partial charge is 0.310 e. The van der Waals surface area contributed by atoms with Crippen LogP contribution in [0.4, 0.5) is 14.9 Å². The van der Waals surface area contributed by atoms with Gasteiger partial charge in [0.05, 0.1) is 18.3 Å². The highest BCUT2D eigenvalue weighted by Crippen LogP contribution is 2.43. The Morgan fingerprint density at radius 1 is 1.06 bits per heavy atom. The summed E-state index contributed by atoms with van der Waals surface area (Å²) in [5.41, 5.74) is 7.40. The lowest BCUT2D eigenvalue weighted by Crippen LogP contribution is -2.38. The summed E-state index contributed by atoms with van der Waals surface area (Å²) in [7, 11) is 2.16. The van der Waals surface area contributed by atoms with Gasteiger partial charge in [0.2, 0.25) is 0 Å². The van der Waals surface area contributed by atoms with E-state index in [4.69, 9.17) is 0 Å². The van der Waals surface area contributed by atoms with Crippen LogP contribution in [0, 0.1) is 19.7 Å². The molecule has 2 aromatic carbocycles. The summed E-state index contributed by atoms with van der Waals surface area (Å²) in [5.74, 6) is -0.286. The fraction of sp³-hybridized carbons (Fsp3) is 0.276. The number of carbonyl (C=O) groups is 1. The molecule has 0 aliphatic carbocycles. The number of benzene rings is 2. The van der Waals surface area contributed by atoms with Crippen LogP contribution in [0.2, 0.25) is 0 Å². The Morgan fingerprint density at radius 2 is 1.86 bits per heavy atom. The predicted molar refractivity (Wildman–Crippen MR) is 142 cm³/mol. The van der Waals surface area contributed by atoms with Crippen molar-refractivity contribution in [2.24, 2.45) is 0 Å². The van der Waals surface area contributed by atoms with Crippen LogP contribution >= 0.6 is 11.3 Å². The number of thiophene rings is 1. The number of aromatic nitrogens is 1. The second-order valence-electron chi connectivity index (χ2n) is 9.91. The molecule has 1 atom stereocenters. The highest BCUT2D eigenvalue weighted by atomic mass is 32.1. The number of nitrogens with zero attached hydrogens (tertiary/aromatic N) is 3. The molecule has 1 N–H and O–H groups in total. The molecule has 2 amide bonds. The largest absolute Gasteiger partial charge is 0.322 e. The Labute approximate surface area is 214 Å². The summed E-state index contributed by atoms with van der Waals surface area (Å²) in [6, 6.07) is 16.2. The molecule has 0 unspecified atom stereocenters. The van der Waals surface area contributed by atoms with E-state index >= 15 is 0 Å². The zero-order valence-corrected chi connectivity index (χ0v) is 21.5. The lowest BCUT2D eigenvalue weighted by Gasteiger charge is -2.32. The number of hydrogen-bond acceptors (Lipinski definition) is 3. The number of hydrogen-bond donors (Lipinski definition) is 1. The minimum Gasteiger partial charge on any atom is -0.310 e. The van der Waals surface area contributed by atoms with Gasteiger partial charge in [-0.05, 0) is 79.9 Å². The van der Waals surface area contributed by atoms with Gasteiger partial charge in [0, 0.05) is 35.4 Å². The van der Waals surface area contributed by atoms with Crippen molar-refractivity contribution in [3.05, 3.63) is 105 Å². The van der Waals surface area contributed by atoms with Crippen molar-refractivity contribution in [1.82, 2.24) is 14.4 Å². The molecule has 2 aliphatic rings. The molecule has 2 aromatic heterocycles. The van der Waals surface area contributed by atoms with Gasteiger partial charge in [0.15, 0.2) is 0 Å². The van der Waals surface area contributed by atoms with E-state index in [1.165, 1.54) is 33.1 Å². The van der Waals surface area contributed by atoms with Gasteiger partial charge < -0.3 is 19.7 Å². The number of fused-ring (bicyclic) bond motifs is 5. The molecule has 0 bridgehead atoms. The Bertz CT molecular complexity index is 1450. The normalized spacial score (nSPS) is 17.2. The standard InChI is InChI=1S/C29H29FN4OS/c1-18-6-7-19(2)24(15-18)31-29(35)34-16-23-22-12-14-32(3)17-26(22)36-28(23)33-13-4-5-25(33)27(34)20-8-10-21(30)11-9-20/h4-11,13,15,27H,12,14,16-17H2,1-3H3,(H,31,35)/t27-/m0/s1. The third-order valence-corrected chi connectivity index (χ3v) is 8.59. The molecule has 0 saturated heterocycles. The molecular weight excluding hydrogens is 471 g/mol. The molecule has 2 aliphatic heterocycles. The fourth-order valence-electron chi connectivity index (χ4n) is 5.41. The molecule has 0 radical (unpaired) electrons. The zero-order valence-electron chi connectivity index (χ0n) is 20.7. The average Bonchev–Trinajstić information content (AvgIpc) is 3.43. The van der Waals surface area contributed by atoms with Crippen LogP contribution in [0.3, 0.4) is 0 Å². The fourth-order valence-corrected chi connectivity index (χ4v) is 6.85. The molecule has 4 aromatic rings. The number of anilines is 1. The van der Waals surface area contributed by atoms with E-state index in [0.29, 0.717) is 6.54 Å². The van der Waals surface area contributed by atoms with Crippen molar-refractivity contribution in [1.29, 1.82) is 0 Å². The first-order valence-electron chi connectivity index (χ1n) is 12.3. The van der Waals surface area contributed by atoms with E-state index in [-0.39, 0.29) is 17.9 Å². The number of urea groups is 1. The molecule has 6 rings (SSSR count). The molecule has 4 heterocycles. The highest BCUT2D eigenvalue weighted by Gasteiger charge is 2.36. The summed E-state index contributed by atoms with van der Waals surface area (Å²) in [4.78, 5) is 19.7. The number of rotatable bonds is 2. The number of amides is 2. The number of halogens is 1. The van der Waals surface area contributed by atoms with Gasteiger partial charge in [-0.3, -0.25) is 0 Å². The highest BCUT2D eigenvalue weighted by molar-refractivity contribution is 7.15. The van der Waals surface area contributed by atoms with Gasteiger partial charge in [0.25, 0.3) is 0 Å². The van der Waals surface area contributed by atoms with E-state index in [9.17, 15) is 9.18 Å². The van der Waals surface area contributed by atoms with Crippen LogP contribution in [0.25, 0.3) is 5.00 Å². The van der Waals surface area contributed by atoms with Gasteiger partial charge >= 0.3 is 6.03 Å². The van der Waals surface area contributed by atoms with E-state index in [1.807, 2.05) is 54.3 Å². The third-order valence-electron chi connectivity index (χ3n) is 7.34. The Morgan fingerprint density at radius 3 is 2.67 bits per heavy atom. The van der Waals surface area contributed by atoms with Crippen LogP contribution in [-0.4, -0.2) is 34.0 Å². The van der Waals surface area contributed by atoms with Crippen molar-refractivity contribution in [2.75, 3.05) is 18.9 Å². The van der Waals surface area contributed by atoms with E-state index in [0.717, 1.165) is 47.6 Å². The van der Waals surface area contributed by atoms with Gasteiger partial charge in [-0.25, -0.2) is 9.18 Å². The minimum absolute atomic E-state index is 0.161. The lowest BCUT2D eigenvalue weighted by atomic mass is 10.00. The van der Waals surface area contributed by atoms with Crippen molar-refractivity contribution >= 4 is 23.1 Å². The molecule has 0 saturated carbocycles. The summed E-state index contributed by atoms with van der Waals surface area (Å²) in [5, 5.41) is 4.38. The predicted octanol–water partition coefficient (Wildman–Crippen LogP) is 6.42. The number of likely N-dealkylation sites (N-methyl/N-ethyl adjacent to an activating group) is 1. The maximum Gasteiger partial charge on any atom is 0.322 e. The molecular formula is C29H29FN4OS. The topological polar surface area (TPSA) is 40.5 Å². The molecule has 7 heteroatoms. The summed E-state index contributed by atoms with van der Waals surface area (Å²) in [6.07, 6.45) is 3.06. The van der Waals surface area contributed by atoms with Gasteiger partial charge in [-0.15, -0.1) is 11.3 Å². The second kappa shape index (κ2) is 8.91. The van der Waals surface area contributed by atoms with E-state index in [2.05, 4.69) is 34.1 Å². The summed E-state index contributed by atoms with van der Waals surface area (Å²) in [6.45, 7) is 6.45. The third kappa shape index (κ3) is 3.92. The van der Waals surface area contributed by atoms with E-state index in [1.54, 1.807) is 12.1 Å². The number of aryl methyl sites for hydroxylation is 2. The average molecular weight is 501 g/mol. The van der Waals surface area contributed by atoms with Crippen LogP contribution < -0.4 is 5.32 Å². The monoisotopic (exact) mass is 500 g/mol. The van der Waals surface area contributed by atoms with Crippen LogP contribution in [0.5, 0.6) is 0 Å². The lowest BCUT2D eigenvalue weighted by molar-refractivity contribution is 0.194. The van der Waals surface area contributed by atoms with Crippen molar-refractivity contribution in [2.45, 2.75) is 39.4 Å². The van der Waals surface area contributed by atoms with Crippen molar-refractivity contribution < 1.29 is 9.18 Å². The zero-order chi connectivity index (χ0) is 25.0. The Balaban J connectivity index is 1.50. The first-order chi connectivity index (χ1) is 17.4. The van der Waals surface area contributed by atoms with Crippen LogP contribution in [-0.2, 0) is 19.5 Å². The Hall–Kier alpha value is -3.42. The van der Waals surface area contributed by atoms with Crippen molar-refractivity contribution in [3.63, 3.8) is 0 Å². The van der Waals surface area contributed by atoms with E-state index < -0.39 is 0 Å². The summed E-state index contributed by atoms with van der Waals surface area (Å²) >= 11 is 1.83. The molecule has 0 spiro atoms. The number of nitrogens with one attached hydrogen (secondary N) is 1. The SMILES string of the molecule is Cc1ccc(C)c(NC(=O)N2Cc3c(sc4c3CCN(C)C4)-n3cccc3[C@@H]2c2ccc(F)cc2)c1. The first kappa shape index (κ1) is 23.0. The second-order valence-corrected chi connectivity index (χ2v) is 11.0. The maximum atomic E-state index is 14.0. The van der Waals surface area contributed by atoms with Crippen LogP contribution in [0.1, 0.15) is 44.4 Å². The maximum absolute atomic E-state index is 14.0. The number of carbonyl (C=O) groups excluding carboxylic acids is 1. The first-order valence-corrected chi connectivity index (χ1v) is 13.1. The molecule has 184 valence electrons. The molecule has 36 heavy (non-hydrogen) atoms. The Kier molecular flexibility index (Phi) is 5.69. The van der Waals surface area contributed by atoms with Gasteiger partial charge in [-0.2, -0.15) is 0 Å². The minimum atomic E-state index is -0.354. The van der Waals surface area contributed by atoms with Crippen LogP contribution in [0.15, 0.2) is 60.8 Å².